The van der Waals surface area contributed by atoms with E-state index in [1.807, 2.05) is 18.2 Å². The average Bonchev–Trinajstić information content (AvgIpc) is 2.61. The zero-order chi connectivity index (χ0) is 18.9. The van der Waals surface area contributed by atoms with Crippen molar-refractivity contribution in [3.63, 3.8) is 0 Å². The van der Waals surface area contributed by atoms with Crippen molar-refractivity contribution < 1.29 is 0 Å². The Morgan fingerprint density at radius 1 is 1.00 bits per heavy atom. The molecule has 0 unspecified atom stereocenters. The molecule has 26 heavy (non-hydrogen) atoms. The Morgan fingerprint density at radius 2 is 1.62 bits per heavy atom. The highest BCUT2D eigenvalue weighted by Crippen LogP contribution is 2.30. The van der Waals surface area contributed by atoms with Crippen LogP contribution >= 0.6 is 0 Å². The number of nitrogens with zero attached hydrogens (tertiary/aromatic N) is 3. The van der Waals surface area contributed by atoms with Gasteiger partial charge in [-0.2, -0.15) is 5.10 Å². The fraction of sp³-hybridized carbons (Fsp3) is 0.286. The molecule has 3 aromatic rings. The van der Waals surface area contributed by atoms with Gasteiger partial charge in [0.05, 0.1) is 12.2 Å². The molecule has 2 aromatic carbocycles. The average molecular weight is 347 g/mol. The second-order valence-corrected chi connectivity index (χ2v) is 7.61. The summed E-state index contributed by atoms with van der Waals surface area (Å²) in [5, 5.41) is 18.6. The van der Waals surface area contributed by atoms with E-state index in [9.17, 15) is 0 Å². The van der Waals surface area contributed by atoms with Crippen LogP contribution in [-0.2, 0) is 12.0 Å². The van der Waals surface area contributed by atoms with Gasteiger partial charge in [0.1, 0.15) is 5.69 Å². The summed E-state index contributed by atoms with van der Waals surface area (Å²) in [7, 11) is 1.78. The smallest absolute Gasteiger partial charge is 0.188 e. The fourth-order valence-electron chi connectivity index (χ4n) is 2.93. The highest BCUT2D eigenvalue weighted by atomic mass is 15.2. The summed E-state index contributed by atoms with van der Waals surface area (Å²) in [6.45, 7) is 7.07. The van der Waals surface area contributed by atoms with Crippen LogP contribution < -0.4 is 5.73 Å². The standard InChI is InChI=1S/C21H25N5/c1-21(2,3)15-11-9-14(10-12-15)19-17-8-6-5-7-16(17)18(24-25-19)13-26(4)20(22)23/h5-12H,13H2,1-4H3,(H3,22,23). The van der Waals surface area contributed by atoms with Crippen LogP contribution in [0.5, 0.6) is 0 Å². The minimum absolute atomic E-state index is 0.0118. The van der Waals surface area contributed by atoms with Gasteiger partial charge < -0.3 is 10.6 Å². The van der Waals surface area contributed by atoms with Crippen LogP contribution in [0.1, 0.15) is 32.0 Å². The molecule has 5 nitrogen and oxygen atoms in total. The molecule has 0 fully saturated rings. The van der Waals surface area contributed by atoms with E-state index in [1.165, 1.54) is 5.56 Å². The highest BCUT2D eigenvalue weighted by molar-refractivity contribution is 5.95. The summed E-state index contributed by atoms with van der Waals surface area (Å²) < 4.78 is 0. The Bertz CT molecular complexity index is 939. The van der Waals surface area contributed by atoms with Crippen LogP contribution in [0.4, 0.5) is 0 Å². The third-order valence-electron chi connectivity index (χ3n) is 4.59. The van der Waals surface area contributed by atoms with E-state index in [0.717, 1.165) is 27.7 Å². The predicted octanol–water partition coefficient (Wildman–Crippen LogP) is 3.92. The molecule has 0 radical (unpaired) electrons. The van der Waals surface area contributed by atoms with Crippen LogP contribution in [0.3, 0.4) is 0 Å². The third kappa shape index (κ3) is 3.52. The molecule has 0 aliphatic carbocycles. The number of benzene rings is 2. The predicted molar refractivity (Wildman–Crippen MR) is 107 cm³/mol. The Morgan fingerprint density at radius 3 is 2.19 bits per heavy atom. The van der Waals surface area contributed by atoms with Crippen molar-refractivity contribution in [3.05, 3.63) is 59.8 Å². The topological polar surface area (TPSA) is 78.9 Å². The van der Waals surface area contributed by atoms with Gasteiger partial charge in [0.2, 0.25) is 0 Å². The summed E-state index contributed by atoms with van der Waals surface area (Å²) in [6, 6.07) is 16.6. The molecule has 1 aromatic heterocycles. The largest absolute Gasteiger partial charge is 0.370 e. The second-order valence-electron chi connectivity index (χ2n) is 7.61. The van der Waals surface area contributed by atoms with E-state index in [0.29, 0.717) is 6.54 Å². The molecule has 134 valence electrons. The zero-order valence-corrected chi connectivity index (χ0v) is 15.7. The SMILES string of the molecule is CN(Cc1nnc(-c2ccc(C(C)(C)C)cc2)c2ccccc12)C(=N)N. The maximum Gasteiger partial charge on any atom is 0.188 e. The first kappa shape index (κ1) is 17.9. The van der Waals surface area contributed by atoms with Gasteiger partial charge in [-0.1, -0.05) is 69.3 Å². The van der Waals surface area contributed by atoms with E-state index < -0.39 is 0 Å². The van der Waals surface area contributed by atoms with Crippen molar-refractivity contribution in [3.8, 4) is 11.3 Å². The first-order chi connectivity index (χ1) is 12.3. The quantitative estimate of drug-likeness (QED) is 0.556. The van der Waals surface area contributed by atoms with Crippen LogP contribution in [0.15, 0.2) is 48.5 Å². The lowest BCUT2D eigenvalue weighted by Gasteiger charge is -2.19. The van der Waals surface area contributed by atoms with Gasteiger partial charge in [-0.15, -0.1) is 5.10 Å². The van der Waals surface area contributed by atoms with E-state index in [2.05, 4.69) is 61.3 Å². The van der Waals surface area contributed by atoms with Gasteiger partial charge in [0, 0.05) is 23.4 Å². The molecule has 0 spiro atoms. The van der Waals surface area contributed by atoms with Gasteiger partial charge >= 0.3 is 0 Å². The van der Waals surface area contributed by atoms with E-state index in [1.54, 1.807) is 11.9 Å². The Kier molecular flexibility index (Phi) is 4.64. The zero-order valence-electron chi connectivity index (χ0n) is 15.7. The molecule has 0 saturated carbocycles. The molecule has 0 saturated heterocycles. The normalized spacial score (nSPS) is 11.5. The summed E-state index contributed by atoms with van der Waals surface area (Å²) in [5.41, 5.74) is 9.70. The maximum absolute atomic E-state index is 7.56. The number of guanidine groups is 1. The number of rotatable bonds is 3. The summed E-state index contributed by atoms with van der Waals surface area (Å²) in [4.78, 5) is 1.65. The third-order valence-corrected chi connectivity index (χ3v) is 4.59. The first-order valence-electron chi connectivity index (χ1n) is 8.68. The Labute approximate surface area is 154 Å². The molecule has 0 atom stereocenters. The number of nitrogens with one attached hydrogen (secondary N) is 1. The molecule has 3 rings (SSSR count). The summed E-state index contributed by atoms with van der Waals surface area (Å²) >= 11 is 0. The van der Waals surface area contributed by atoms with Crippen LogP contribution in [0, 0.1) is 5.41 Å². The van der Waals surface area contributed by atoms with Crippen molar-refractivity contribution in [2.75, 3.05) is 7.05 Å². The molecule has 1 heterocycles. The highest BCUT2D eigenvalue weighted by Gasteiger charge is 2.15. The number of hydrogen-bond acceptors (Lipinski definition) is 3. The van der Waals surface area contributed by atoms with Crippen molar-refractivity contribution in [1.29, 1.82) is 5.41 Å². The first-order valence-corrected chi connectivity index (χ1v) is 8.68. The molecule has 0 bridgehead atoms. The van der Waals surface area contributed by atoms with Crippen molar-refractivity contribution in [2.45, 2.75) is 32.7 Å². The molecule has 3 N–H and O–H groups in total. The summed E-state index contributed by atoms with van der Waals surface area (Å²) in [6.07, 6.45) is 0. The molecular weight excluding hydrogens is 322 g/mol. The molecule has 0 aliphatic rings. The Balaban J connectivity index is 2.07. The monoisotopic (exact) mass is 347 g/mol. The maximum atomic E-state index is 7.56. The Hall–Kier alpha value is -2.95. The lowest BCUT2D eigenvalue weighted by Crippen LogP contribution is -2.32. The number of aromatic nitrogens is 2. The number of nitrogens with two attached hydrogens (primary N) is 1. The van der Waals surface area contributed by atoms with Gasteiger partial charge in [0.25, 0.3) is 0 Å². The van der Waals surface area contributed by atoms with Gasteiger partial charge in [0.15, 0.2) is 5.96 Å². The van der Waals surface area contributed by atoms with E-state index in [-0.39, 0.29) is 11.4 Å². The fourth-order valence-corrected chi connectivity index (χ4v) is 2.93. The number of fused-ring (bicyclic) bond motifs is 1. The molecular formula is C21H25N5. The summed E-state index contributed by atoms with van der Waals surface area (Å²) in [5.74, 6) is 0.0118. The van der Waals surface area contributed by atoms with Gasteiger partial charge in [-0.25, -0.2) is 0 Å². The van der Waals surface area contributed by atoms with E-state index in [4.69, 9.17) is 11.1 Å². The van der Waals surface area contributed by atoms with Crippen LogP contribution in [0.2, 0.25) is 0 Å². The van der Waals surface area contributed by atoms with E-state index >= 15 is 0 Å². The molecule has 0 aliphatic heterocycles. The second kappa shape index (κ2) is 6.75. The van der Waals surface area contributed by atoms with Crippen LogP contribution in [0.25, 0.3) is 22.0 Å². The van der Waals surface area contributed by atoms with Crippen LogP contribution in [-0.4, -0.2) is 28.1 Å². The lowest BCUT2D eigenvalue weighted by atomic mass is 9.86. The van der Waals surface area contributed by atoms with Crippen molar-refractivity contribution in [2.24, 2.45) is 5.73 Å². The lowest BCUT2D eigenvalue weighted by molar-refractivity contribution is 0.483. The number of hydrogen-bond donors (Lipinski definition) is 2. The van der Waals surface area contributed by atoms with Crippen molar-refractivity contribution in [1.82, 2.24) is 15.1 Å². The molecule has 5 heteroatoms. The van der Waals surface area contributed by atoms with Gasteiger partial charge in [-0.3, -0.25) is 5.41 Å². The van der Waals surface area contributed by atoms with Crippen molar-refractivity contribution >= 4 is 16.7 Å². The molecule has 0 amide bonds. The minimum Gasteiger partial charge on any atom is -0.370 e. The van der Waals surface area contributed by atoms with Gasteiger partial charge in [-0.05, 0) is 11.0 Å². The minimum atomic E-state index is 0.0118.